The molecule has 27 heteroatoms. The number of piperidine rings is 1. The molecule has 10 fully saturated rings. The number of carboxylic acid groups (broad SMARTS) is 2. The molecule has 19 atom stereocenters. The van der Waals surface area contributed by atoms with E-state index in [-0.39, 0.29) is 105 Å². The fourth-order valence-corrected chi connectivity index (χ4v) is 24.2. The Bertz CT molecular complexity index is 5020. The third-order valence-corrected chi connectivity index (χ3v) is 30.3. The van der Waals surface area contributed by atoms with Gasteiger partial charge in [0, 0.05) is 107 Å². The molecule has 2 aliphatic heterocycles. The first-order valence-electron chi connectivity index (χ1n) is 40.5. The van der Waals surface area contributed by atoms with E-state index in [0.29, 0.717) is 123 Å². The number of ketones is 4. The van der Waals surface area contributed by atoms with E-state index in [1.54, 1.807) is 67.5 Å². The number of nitrogens with one attached hydrogen (secondary N) is 1. The Morgan fingerprint density at radius 2 is 1.00 bits per heavy atom. The minimum atomic E-state index is -2.08. The van der Waals surface area contributed by atoms with Gasteiger partial charge in [-0.05, 0) is 186 Å². The predicted molar refractivity (Wildman–Crippen MR) is 417 cm³/mol. The van der Waals surface area contributed by atoms with Gasteiger partial charge in [-0.1, -0.05) is 57.9 Å². The third-order valence-electron chi connectivity index (χ3n) is 30.3. The van der Waals surface area contributed by atoms with Gasteiger partial charge in [0.25, 0.3) is 0 Å². The lowest BCUT2D eigenvalue weighted by Crippen LogP contribution is -2.69. The van der Waals surface area contributed by atoms with Crippen LogP contribution < -0.4 is 35.4 Å². The molecule has 12 aliphatic rings. The molecule has 10 aliphatic carbocycles. The monoisotopic (exact) mass is 1590 g/mol. The van der Waals surface area contributed by atoms with E-state index in [9.17, 15) is 74.1 Å². The number of aryl methyl sites for hydroxylation is 2. The number of Topliss-reactive ketones (excluding diaryl/α,β-unsaturated/α-hetero) is 2. The lowest BCUT2D eigenvalue weighted by Gasteiger charge is -2.62. The Morgan fingerprint density at radius 3 is 1.38 bits per heavy atom. The van der Waals surface area contributed by atoms with Crippen LogP contribution in [0.5, 0.6) is 11.5 Å². The van der Waals surface area contributed by atoms with Crippen molar-refractivity contribution < 1.29 is 96.3 Å². The Labute approximate surface area is 659 Å². The fourth-order valence-electron chi connectivity index (χ4n) is 24.2. The van der Waals surface area contributed by atoms with E-state index in [0.717, 1.165) is 25.7 Å². The summed E-state index contributed by atoms with van der Waals surface area (Å²) in [5.74, 6) is -7.97. The number of benzene rings is 2. The van der Waals surface area contributed by atoms with E-state index in [4.69, 9.17) is 14.2 Å². The van der Waals surface area contributed by atoms with Crippen molar-refractivity contribution in [3.05, 3.63) is 113 Å². The number of piperazine rings is 1. The summed E-state index contributed by atoms with van der Waals surface area (Å²) in [4.78, 5) is 105. The summed E-state index contributed by atoms with van der Waals surface area (Å²) in [5, 5.41) is 79.2. The first-order chi connectivity index (χ1) is 53.5. The van der Waals surface area contributed by atoms with Gasteiger partial charge < -0.3 is 74.2 Å². The van der Waals surface area contributed by atoms with Crippen molar-refractivity contribution >= 4 is 68.3 Å². The second-order valence-corrected chi connectivity index (χ2v) is 36.2. The normalized spacial score (nSPS) is 36.6. The standard InChI is InChI=1S/C44H54F2N2O9.C22H29FO5.C21H26FN3O4/c1-21-19-47(37-35(45)23(3)33-36(39(37)56-7)48(26-9-10-26)24(4)34(38(33)52)40(53)54)15-13-30(21)57-20-32(51)44(55)22(2)16-29-28-11-8-25-17-27(49)12-14-41(25,5)43(28,46)31(50)18-42(29,44)6;1-12-8-16-15-5-4-13-9-14(25)6-7-19(13,2)21(15,23)17(26)10-20(16,3)22(12,28)18(27)11-24;1-10-9-24(8-7-23-10)18-16(22)11(2)14-17(20(18)29-4)25(13-5-6-13)12(3)15(19(14)26)21(27)28/h12,14,17,21-22,26,28-31,50,55H,8-11,13,15-16,18-20H2,1-7H3,(H,53,54);6-7,9,12,15-17,24,26,28H,4-5,8,10-11H2,1-3H3;10,13,23H,5-9H2,1-4H3,(H,27,28)/t21?,22-,28+,29+,30?,31+,41+,42+,43+,44+;12-,15+,16+,17+,19+,20+,21+,22+;/m11./s1. The number of hydrogen-bond acceptors (Lipinski definition) is 19. The average molecular weight is 1590 g/mol. The topological polar surface area (TPSA) is 334 Å². The van der Waals surface area contributed by atoms with Gasteiger partial charge in [0.15, 0.2) is 57.6 Å². The fraction of sp³-hybridized carbons (Fsp3) is 0.632. The first-order valence-corrected chi connectivity index (χ1v) is 40.5. The summed E-state index contributed by atoms with van der Waals surface area (Å²) in [7, 11) is 2.89. The van der Waals surface area contributed by atoms with Crippen LogP contribution in [0, 0.1) is 102 Å². The Hall–Kier alpha value is -7.92. The van der Waals surface area contributed by atoms with E-state index < -0.39 is 145 Å². The lowest BCUT2D eigenvalue weighted by molar-refractivity contribution is -0.220. The number of aliphatic hydroxyl groups is 5. The van der Waals surface area contributed by atoms with Crippen LogP contribution in [0.3, 0.4) is 0 Å². The Kier molecular flexibility index (Phi) is 20.8. The maximum absolute atomic E-state index is 17.6. The number of aromatic carboxylic acids is 2. The molecule has 0 spiro atoms. The number of carboxylic acids is 2. The number of rotatable bonds is 14. The number of carbonyl (C=O) groups excluding carboxylic acids is 4. The van der Waals surface area contributed by atoms with Crippen LogP contribution >= 0.6 is 0 Å². The summed E-state index contributed by atoms with van der Waals surface area (Å²) >= 11 is 0. The molecule has 4 heterocycles. The van der Waals surface area contributed by atoms with E-state index >= 15 is 17.6 Å². The number of ether oxygens (including phenoxy) is 3. The lowest BCUT2D eigenvalue weighted by atomic mass is 9.44. The van der Waals surface area contributed by atoms with Crippen molar-refractivity contribution in [1.29, 1.82) is 0 Å². The van der Waals surface area contributed by atoms with Crippen molar-refractivity contribution in [3.8, 4) is 11.5 Å². The quantitative estimate of drug-likeness (QED) is 0.0544. The number of hydrogen-bond donors (Lipinski definition) is 8. The Balaban J connectivity index is 0.000000157. The van der Waals surface area contributed by atoms with Crippen molar-refractivity contribution in [2.45, 2.75) is 226 Å². The molecule has 0 amide bonds. The highest BCUT2D eigenvalue weighted by Crippen LogP contribution is 2.73. The first kappa shape index (κ1) is 82.6. The molecule has 114 heavy (non-hydrogen) atoms. The number of fused-ring (bicyclic) bond motifs is 12. The number of pyridine rings is 2. The highest BCUT2D eigenvalue weighted by Gasteiger charge is 2.78. The van der Waals surface area contributed by atoms with Gasteiger partial charge in [0.05, 0.1) is 54.3 Å². The molecule has 8 saturated carbocycles. The van der Waals surface area contributed by atoms with Crippen LogP contribution in [0.1, 0.15) is 194 Å². The number of alkyl halides is 2. The molecule has 23 nitrogen and oxygen atoms in total. The molecule has 2 aromatic carbocycles. The van der Waals surface area contributed by atoms with Gasteiger partial charge in [0.1, 0.15) is 46.9 Å². The zero-order valence-electron chi connectivity index (χ0n) is 67.5. The second-order valence-electron chi connectivity index (χ2n) is 36.2. The predicted octanol–water partition coefficient (Wildman–Crippen LogP) is 10.4. The molecule has 0 bridgehead atoms. The Morgan fingerprint density at radius 1 is 0.588 bits per heavy atom. The maximum Gasteiger partial charge on any atom is 0.341 e. The van der Waals surface area contributed by atoms with Gasteiger partial charge in [0.2, 0.25) is 10.9 Å². The van der Waals surface area contributed by atoms with Crippen LogP contribution in [0.2, 0.25) is 0 Å². The number of aromatic nitrogens is 2. The number of anilines is 2. The molecule has 2 saturated heterocycles. The number of methoxy groups -OCH3 is 2. The van der Waals surface area contributed by atoms with Gasteiger partial charge >= 0.3 is 11.9 Å². The molecule has 618 valence electrons. The molecule has 0 radical (unpaired) electrons. The number of aliphatic hydroxyl groups excluding tert-OH is 3. The van der Waals surface area contributed by atoms with Crippen LogP contribution in [0.4, 0.5) is 28.9 Å². The van der Waals surface area contributed by atoms with Gasteiger partial charge in [-0.3, -0.25) is 28.8 Å². The van der Waals surface area contributed by atoms with Crippen LogP contribution in [0.15, 0.2) is 57.2 Å². The minimum Gasteiger partial charge on any atom is -0.492 e. The number of allylic oxidation sites excluding steroid dienone is 8. The van der Waals surface area contributed by atoms with Crippen LogP contribution in [-0.4, -0.2) is 187 Å². The van der Waals surface area contributed by atoms with Gasteiger partial charge in [-0.25, -0.2) is 27.2 Å². The average Bonchev–Trinajstić information content (AvgIpc) is 1.44. The summed E-state index contributed by atoms with van der Waals surface area (Å²) < 4.78 is 88.2. The van der Waals surface area contributed by atoms with Crippen LogP contribution in [-0.2, 0) is 23.9 Å². The molecular weight excluding hydrogens is 1480 g/mol. The molecule has 8 N–H and O–H groups in total. The van der Waals surface area contributed by atoms with E-state index in [2.05, 4.69) is 5.32 Å². The second kappa shape index (κ2) is 28.7. The molecule has 16 rings (SSSR count). The third kappa shape index (κ3) is 11.7. The highest BCUT2D eigenvalue weighted by molar-refractivity contribution is 6.03. The smallest absolute Gasteiger partial charge is 0.341 e. The maximum atomic E-state index is 17.6. The zero-order valence-corrected chi connectivity index (χ0v) is 67.5. The van der Waals surface area contributed by atoms with Gasteiger partial charge in [-0.15, -0.1) is 0 Å². The largest absolute Gasteiger partial charge is 0.492 e. The van der Waals surface area contributed by atoms with Crippen molar-refractivity contribution in [1.82, 2.24) is 14.5 Å². The summed E-state index contributed by atoms with van der Waals surface area (Å²) in [5.41, 5.74) is -10.5. The molecule has 2 aromatic heterocycles. The number of halogens is 4. The molecule has 3 unspecified atom stereocenters. The zero-order chi connectivity index (χ0) is 83.0. The summed E-state index contributed by atoms with van der Waals surface area (Å²) in [6.07, 6.45) is 11.9. The van der Waals surface area contributed by atoms with E-state index in [1.165, 1.54) is 45.4 Å². The minimum absolute atomic E-state index is 0.00735. The number of carbonyl (C=O) groups is 6. The van der Waals surface area contributed by atoms with Crippen molar-refractivity contribution in [2.75, 3.05) is 70.0 Å². The SMILES string of the molecule is COc1c(N2CCC(OCC(=O)[C@@]3(O)[C@H](C)C[C@H]4[C@@H]5CCC6=CC(=O)C=C[C@]6(C)[C@@]5(F)[C@@H](O)C[C@@]43C)C(C)C2)c(F)c(C)c2c(=O)c(C(=O)O)c(C)n(C3CC3)c12.COc1c(N2CCNC(C)C2)c(F)c(C)c2c(=O)c(C(=O)O)c(C)n(C3CC3)c12.C[C@@H]1C[C@H]2[C@@H]3CCC4=CC(=O)C=C[C@]4(C)[C@@]3(F)[C@@H](O)C[C@]2(C)[C@@]1(O)C(=O)CO. The molecule has 4 aromatic rings. The van der Waals surface area contributed by atoms with Crippen LogP contribution in [0.25, 0.3) is 21.8 Å². The van der Waals surface area contributed by atoms with Crippen molar-refractivity contribution in [3.63, 3.8) is 0 Å². The highest BCUT2D eigenvalue weighted by atomic mass is 19.2. The van der Waals surface area contributed by atoms with Crippen molar-refractivity contribution in [2.24, 2.45) is 63.1 Å². The van der Waals surface area contributed by atoms with Gasteiger partial charge in [-0.2, -0.15) is 0 Å². The number of nitrogens with zero attached hydrogens (tertiary/aromatic N) is 4. The summed E-state index contributed by atoms with van der Waals surface area (Å²) in [6, 6.07) is 0.229. The summed E-state index contributed by atoms with van der Waals surface area (Å²) in [6.45, 7) is 22.3. The molecular formula is C87H109F4N5O18. The van der Waals surface area contributed by atoms with E-state index in [1.807, 2.05) is 39.7 Å².